The fourth-order valence-electron chi connectivity index (χ4n) is 2.36. The van der Waals surface area contributed by atoms with Crippen molar-refractivity contribution in [1.82, 2.24) is 14.9 Å². The van der Waals surface area contributed by atoms with Crippen molar-refractivity contribution in [3.63, 3.8) is 0 Å². The number of amides is 1. The topological polar surface area (TPSA) is 64.0 Å². The molecular weight excluding hydrogens is 297 g/mol. The van der Waals surface area contributed by atoms with E-state index in [0.717, 1.165) is 0 Å². The Labute approximate surface area is 131 Å². The van der Waals surface area contributed by atoms with Crippen LogP contribution in [0.1, 0.15) is 12.7 Å². The third kappa shape index (κ3) is 2.96. The van der Waals surface area contributed by atoms with E-state index in [1.807, 2.05) is 0 Å². The van der Waals surface area contributed by atoms with Crippen molar-refractivity contribution in [1.29, 1.82) is 0 Å². The number of aromatic nitrogens is 2. The summed E-state index contributed by atoms with van der Waals surface area (Å²) >= 11 is 0. The zero-order chi connectivity index (χ0) is 16.4. The number of carbonyl (C=O) groups excluding carboxylic acids is 1. The minimum atomic E-state index is -0.390. The number of hydrogen-bond acceptors (Lipinski definition) is 3. The fourth-order valence-corrected chi connectivity index (χ4v) is 2.36. The Morgan fingerprint density at radius 2 is 1.87 bits per heavy atom. The van der Waals surface area contributed by atoms with E-state index >= 15 is 0 Å². The molecule has 23 heavy (non-hydrogen) atoms. The highest BCUT2D eigenvalue weighted by molar-refractivity contribution is 5.78. The van der Waals surface area contributed by atoms with Gasteiger partial charge in [0, 0.05) is 6.92 Å². The fraction of sp³-hybridized carbons (Fsp3) is 0.118. The molecule has 116 valence electrons. The summed E-state index contributed by atoms with van der Waals surface area (Å²) in [6, 6.07) is 12.5. The molecule has 0 aliphatic carbocycles. The second kappa shape index (κ2) is 6.00. The number of carbonyl (C=O) groups is 1. The Kier molecular flexibility index (Phi) is 3.89. The van der Waals surface area contributed by atoms with Gasteiger partial charge in [0.05, 0.1) is 23.1 Å². The van der Waals surface area contributed by atoms with Crippen LogP contribution in [-0.4, -0.2) is 15.5 Å². The average molecular weight is 311 g/mol. The molecule has 3 aromatic rings. The molecular formula is C17H14FN3O2. The van der Waals surface area contributed by atoms with Crippen LogP contribution in [-0.2, 0) is 11.3 Å². The van der Waals surface area contributed by atoms with E-state index in [0.29, 0.717) is 22.4 Å². The molecule has 1 N–H and O–H groups in total. The molecule has 0 aliphatic rings. The van der Waals surface area contributed by atoms with Crippen LogP contribution in [0.2, 0.25) is 0 Å². The molecule has 0 spiro atoms. The highest BCUT2D eigenvalue weighted by atomic mass is 19.1. The van der Waals surface area contributed by atoms with E-state index in [1.165, 1.54) is 35.8 Å². The highest BCUT2D eigenvalue weighted by Crippen LogP contribution is 2.13. The zero-order valence-electron chi connectivity index (χ0n) is 12.4. The smallest absolute Gasteiger partial charge is 0.266 e. The van der Waals surface area contributed by atoms with Crippen LogP contribution < -0.4 is 10.9 Å². The molecule has 0 fully saturated rings. The zero-order valence-corrected chi connectivity index (χ0v) is 12.4. The van der Waals surface area contributed by atoms with Crippen molar-refractivity contribution in [3.05, 3.63) is 70.5 Å². The monoisotopic (exact) mass is 311 g/mol. The molecule has 1 heterocycles. The van der Waals surface area contributed by atoms with Crippen molar-refractivity contribution < 1.29 is 9.18 Å². The van der Waals surface area contributed by atoms with Gasteiger partial charge in [-0.2, -0.15) is 0 Å². The number of halogens is 1. The number of fused-ring (bicyclic) bond motifs is 1. The summed E-state index contributed by atoms with van der Waals surface area (Å²) < 4.78 is 14.5. The first-order valence-electron chi connectivity index (χ1n) is 7.07. The van der Waals surface area contributed by atoms with Crippen LogP contribution in [0.4, 0.5) is 4.39 Å². The van der Waals surface area contributed by atoms with Crippen molar-refractivity contribution in [2.24, 2.45) is 0 Å². The summed E-state index contributed by atoms with van der Waals surface area (Å²) in [6.45, 7) is 1.49. The number of para-hydroxylation sites is 1. The Bertz CT molecular complexity index is 933. The second-order valence-corrected chi connectivity index (χ2v) is 5.07. The molecule has 0 saturated heterocycles. The summed E-state index contributed by atoms with van der Waals surface area (Å²) in [5.41, 5.74) is 0.786. The van der Waals surface area contributed by atoms with Crippen molar-refractivity contribution in [3.8, 4) is 5.69 Å². The summed E-state index contributed by atoms with van der Waals surface area (Å²) in [5.74, 6) is -0.229. The van der Waals surface area contributed by atoms with Crippen molar-refractivity contribution in [2.45, 2.75) is 13.5 Å². The van der Waals surface area contributed by atoms with Crippen LogP contribution in [0.5, 0.6) is 0 Å². The van der Waals surface area contributed by atoms with E-state index in [2.05, 4.69) is 10.3 Å². The Morgan fingerprint density at radius 1 is 1.17 bits per heavy atom. The maximum absolute atomic E-state index is 13.2. The van der Waals surface area contributed by atoms with E-state index in [-0.39, 0.29) is 23.8 Å². The summed E-state index contributed by atoms with van der Waals surface area (Å²) in [4.78, 5) is 28.4. The van der Waals surface area contributed by atoms with Gasteiger partial charge in [0.15, 0.2) is 0 Å². The molecule has 0 saturated carbocycles. The van der Waals surface area contributed by atoms with Crippen LogP contribution in [0, 0.1) is 5.82 Å². The minimum absolute atomic E-state index is 0.104. The maximum Gasteiger partial charge on any atom is 0.266 e. The number of benzene rings is 2. The third-order valence-electron chi connectivity index (χ3n) is 3.43. The first kappa shape index (κ1) is 14.9. The normalized spacial score (nSPS) is 10.7. The van der Waals surface area contributed by atoms with E-state index < -0.39 is 0 Å². The summed E-state index contributed by atoms with van der Waals surface area (Å²) in [7, 11) is 0. The van der Waals surface area contributed by atoms with Crippen LogP contribution in [0.3, 0.4) is 0 Å². The Hall–Kier alpha value is -3.02. The van der Waals surface area contributed by atoms with Gasteiger partial charge in [-0.3, -0.25) is 14.2 Å². The average Bonchev–Trinajstić information content (AvgIpc) is 2.54. The molecule has 0 aliphatic heterocycles. The molecule has 1 aromatic heterocycles. The Morgan fingerprint density at radius 3 is 2.57 bits per heavy atom. The van der Waals surface area contributed by atoms with E-state index in [4.69, 9.17) is 0 Å². The lowest BCUT2D eigenvalue weighted by atomic mass is 10.2. The first-order chi connectivity index (χ1) is 11.1. The maximum atomic E-state index is 13.2. The van der Waals surface area contributed by atoms with Crippen molar-refractivity contribution in [2.75, 3.05) is 0 Å². The number of rotatable bonds is 3. The molecule has 0 unspecified atom stereocenters. The lowest BCUT2D eigenvalue weighted by molar-refractivity contribution is -0.119. The predicted molar refractivity (Wildman–Crippen MR) is 84.8 cm³/mol. The second-order valence-electron chi connectivity index (χ2n) is 5.07. The first-order valence-corrected chi connectivity index (χ1v) is 7.07. The minimum Gasteiger partial charge on any atom is -0.349 e. The molecule has 2 aromatic carbocycles. The standard InChI is InChI=1S/C17H14FN3O2/c1-11(22)19-10-16-20-15-5-3-2-4-14(15)17(23)21(16)13-8-6-12(18)7-9-13/h2-9H,10H2,1H3,(H,19,22). The molecule has 0 bridgehead atoms. The van der Waals surface area contributed by atoms with Crippen LogP contribution in [0.25, 0.3) is 16.6 Å². The largest absolute Gasteiger partial charge is 0.349 e. The number of hydrogen-bond donors (Lipinski definition) is 1. The number of nitrogens with one attached hydrogen (secondary N) is 1. The molecule has 0 radical (unpaired) electrons. The Balaban J connectivity index is 2.25. The highest BCUT2D eigenvalue weighted by Gasteiger charge is 2.12. The molecule has 6 heteroatoms. The van der Waals surface area contributed by atoms with Gasteiger partial charge in [-0.15, -0.1) is 0 Å². The van der Waals surface area contributed by atoms with Gasteiger partial charge in [0.25, 0.3) is 5.56 Å². The van der Waals surface area contributed by atoms with E-state index in [9.17, 15) is 14.0 Å². The summed E-state index contributed by atoms with van der Waals surface area (Å²) in [5, 5.41) is 3.10. The SMILES string of the molecule is CC(=O)NCc1nc2ccccc2c(=O)n1-c1ccc(F)cc1. The molecule has 5 nitrogen and oxygen atoms in total. The van der Waals surface area contributed by atoms with Crippen molar-refractivity contribution >= 4 is 16.8 Å². The molecule has 0 atom stereocenters. The third-order valence-corrected chi connectivity index (χ3v) is 3.43. The van der Waals surface area contributed by atoms with Gasteiger partial charge in [-0.1, -0.05) is 12.1 Å². The van der Waals surface area contributed by atoms with Gasteiger partial charge < -0.3 is 5.32 Å². The van der Waals surface area contributed by atoms with E-state index in [1.54, 1.807) is 24.3 Å². The van der Waals surface area contributed by atoms with Gasteiger partial charge in [-0.05, 0) is 36.4 Å². The lowest BCUT2D eigenvalue weighted by Gasteiger charge is -2.14. The van der Waals surface area contributed by atoms with Crippen LogP contribution in [0.15, 0.2) is 53.3 Å². The molecule has 3 rings (SSSR count). The van der Waals surface area contributed by atoms with Gasteiger partial charge >= 0.3 is 0 Å². The van der Waals surface area contributed by atoms with Crippen LogP contribution >= 0.6 is 0 Å². The van der Waals surface area contributed by atoms with Gasteiger partial charge in [0.1, 0.15) is 11.6 Å². The lowest BCUT2D eigenvalue weighted by Crippen LogP contribution is -2.29. The molecule has 1 amide bonds. The quantitative estimate of drug-likeness (QED) is 0.806. The van der Waals surface area contributed by atoms with Gasteiger partial charge in [0.2, 0.25) is 5.91 Å². The predicted octanol–water partition coefficient (Wildman–Crippen LogP) is 2.16. The summed E-state index contributed by atoms with van der Waals surface area (Å²) in [6.07, 6.45) is 0. The van der Waals surface area contributed by atoms with Gasteiger partial charge in [-0.25, -0.2) is 9.37 Å². The number of nitrogens with zero attached hydrogens (tertiary/aromatic N) is 2.